The molecule has 1 saturated heterocycles. The van der Waals surface area contributed by atoms with Gasteiger partial charge in [-0.15, -0.1) is 0 Å². The number of nitrogens with one attached hydrogen (secondary N) is 2. The van der Waals surface area contributed by atoms with Gasteiger partial charge in [0.1, 0.15) is 29.3 Å². The number of ether oxygens (including phenoxy) is 3. The SMILES string of the molecule is COc1cc2c(cc1NC(=O)NCc1cccc(OCCN3CCOCC3)c1)oc1ccccc12. The first-order chi connectivity index (χ1) is 17.2. The zero-order chi connectivity index (χ0) is 24.0. The molecule has 4 aromatic rings. The molecular weight excluding hydrogens is 446 g/mol. The summed E-state index contributed by atoms with van der Waals surface area (Å²) in [5, 5.41) is 7.71. The van der Waals surface area contributed by atoms with Gasteiger partial charge < -0.3 is 29.3 Å². The Morgan fingerprint density at radius 1 is 1.00 bits per heavy atom. The maximum atomic E-state index is 12.6. The van der Waals surface area contributed by atoms with Crippen molar-refractivity contribution >= 4 is 33.7 Å². The van der Waals surface area contributed by atoms with E-state index in [4.69, 9.17) is 18.6 Å². The standard InChI is InChI=1S/C27H29N3O5/c1-32-26-16-22-21-7-2-3-8-24(21)35-25(22)17-23(26)29-27(31)28-18-19-5-4-6-20(15-19)34-14-11-30-9-12-33-13-10-30/h2-8,15-17H,9-14,18H2,1H3,(H2,28,29,31). The topological polar surface area (TPSA) is 85.2 Å². The molecule has 35 heavy (non-hydrogen) atoms. The van der Waals surface area contributed by atoms with E-state index in [1.54, 1.807) is 13.2 Å². The first-order valence-electron chi connectivity index (χ1n) is 11.8. The van der Waals surface area contributed by atoms with Crippen molar-refractivity contribution in [1.29, 1.82) is 0 Å². The molecule has 182 valence electrons. The van der Waals surface area contributed by atoms with Gasteiger partial charge in [-0.1, -0.05) is 30.3 Å². The van der Waals surface area contributed by atoms with E-state index in [9.17, 15) is 4.79 Å². The van der Waals surface area contributed by atoms with E-state index < -0.39 is 0 Å². The van der Waals surface area contributed by atoms with E-state index >= 15 is 0 Å². The molecule has 0 atom stereocenters. The summed E-state index contributed by atoms with van der Waals surface area (Å²) in [5.41, 5.74) is 2.96. The van der Waals surface area contributed by atoms with Crippen molar-refractivity contribution in [3.8, 4) is 11.5 Å². The number of hydrogen-bond acceptors (Lipinski definition) is 6. The molecule has 1 aliphatic heterocycles. The number of morpholine rings is 1. The third-order valence-electron chi connectivity index (χ3n) is 6.08. The summed E-state index contributed by atoms with van der Waals surface area (Å²) in [4.78, 5) is 15.0. The van der Waals surface area contributed by atoms with E-state index in [1.165, 1.54) is 0 Å². The van der Waals surface area contributed by atoms with Crippen LogP contribution in [-0.4, -0.2) is 57.5 Å². The van der Waals surface area contributed by atoms with Crippen LogP contribution in [0.25, 0.3) is 21.9 Å². The molecule has 3 aromatic carbocycles. The molecule has 1 aliphatic rings. The highest BCUT2D eigenvalue weighted by Crippen LogP contribution is 2.36. The number of fused-ring (bicyclic) bond motifs is 3. The van der Waals surface area contributed by atoms with Crippen molar-refractivity contribution in [3.05, 3.63) is 66.2 Å². The molecule has 1 fully saturated rings. The smallest absolute Gasteiger partial charge is 0.319 e. The molecule has 5 rings (SSSR count). The molecule has 1 aromatic heterocycles. The summed E-state index contributed by atoms with van der Waals surface area (Å²) in [6, 6.07) is 18.9. The fourth-order valence-electron chi connectivity index (χ4n) is 4.23. The number of amides is 2. The van der Waals surface area contributed by atoms with Crippen LogP contribution in [0.3, 0.4) is 0 Å². The molecule has 0 bridgehead atoms. The molecule has 8 nitrogen and oxygen atoms in total. The quantitative estimate of drug-likeness (QED) is 0.387. The summed E-state index contributed by atoms with van der Waals surface area (Å²) in [7, 11) is 1.58. The van der Waals surface area contributed by atoms with Gasteiger partial charge in [-0.05, 0) is 29.8 Å². The lowest BCUT2D eigenvalue weighted by molar-refractivity contribution is 0.0322. The molecule has 2 heterocycles. The van der Waals surface area contributed by atoms with E-state index in [-0.39, 0.29) is 6.03 Å². The molecular formula is C27H29N3O5. The Labute approximate surface area is 203 Å². The number of nitrogens with zero attached hydrogens (tertiary/aromatic N) is 1. The minimum atomic E-state index is -0.336. The Morgan fingerprint density at radius 2 is 1.86 bits per heavy atom. The number of carbonyl (C=O) groups is 1. The predicted octanol–water partition coefficient (Wildman–Crippen LogP) is 4.63. The maximum Gasteiger partial charge on any atom is 0.319 e. The van der Waals surface area contributed by atoms with Crippen LogP contribution in [0.5, 0.6) is 11.5 Å². The van der Waals surface area contributed by atoms with Crippen LogP contribution in [0.4, 0.5) is 10.5 Å². The third-order valence-corrected chi connectivity index (χ3v) is 6.08. The second-order valence-electron chi connectivity index (χ2n) is 8.40. The fourth-order valence-corrected chi connectivity index (χ4v) is 4.23. The Kier molecular flexibility index (Phi) is 7.02. The average molecular weight is 476 g/mol. The van der Waals surface area contributed by atoms with Crippen molar-refractivity contribution in [2.45, 2.75) is 6.54 Å². The van der Waals surface area contributed by atoms with Crippen LogP contribution in [0.15, 0.2) is 65.1 Å². The minimum absolute atomic E-state index is 0.336. The fraction of sp³-hybridized carbons (Fsp3) is 0.296. The average Bonchev–Trinajstić information content (AvgIpc) is 3.25. The van der Waals surface area contributed by atoms with Gasteiger partial charge in [-0.25, -0.2) is 4.79 Å². The largest absolute Gasteiger partial charge is 0.495 e. The van der Waals surface area contributed by atoms with Gasteiger partial charge in [-0.2, -0.15) is 0 Å². The molecule has 2 N–H and O–H groups in total. The predicted molar refractivity (Wildman–Crippen MR) is 135 cm³/mol. The first kappa shape index (κ1) is 23.0. The molecule has 8 heteroatoms. The van der Waals surface area contributed by atoms with Gasteiger partial charge in [0.05, 0.1) is 26.0 Å². The lowest BCUT2D eigenvalue weighted by Crippen LogP contribution is -2.38. The van der Waals surface area contributed by atoms with Crippen molar-refractivity contribution in [3.63, 3.8) is 0 Å². The van der Waals surface area contributed by atoms with Gasteiger partial charge in [0.25, 0.3) is 0 Å². The highest BCUT2D eigenvalue weighted by Gasteiger charge is 2.14. The maximum absolute atomic E-state index is 12.6. The highest BCUT2D eigenvalue weighted by atomic mass is 16.5. The van der Waals surface area contributed by atoms with Gasteiger partial charge in [0, 0.05) is 43.0 Å². The van der Waals surface area contributed by atoms with Gasteiger partial charge >= 0.3 is 6.03 Å². The van der Waals surface area contributed by atoms with E-state index in [2.05, 4.69) is 15.5 Å². The molecule has 0 spiro atoms. The zero-order valence-electron chi connectivity index (χ0n) is 19.7. The molecule has 0 saturated carbocycles. The number of para-hydroxylation sites is 1. The van der Waals surface area contributed by atoms with Crippen molar-refractivity contribution in [2.75, 3.05) is 51.9 Å². The number of rotatable bonds is 8. The summed E-state index contributed by atoms with van der Waals surface area (Å²) in [5.74, 6) is 1.35. The van der Waals surface area contributed by atoms with Crippen LogP contribution in [0, 0.1) is 0 Å². The summed E-state index contributed by atoms with van der Waals surface area (Å²) in [6.45, 7) is 5.28. The minimum Gasteiger partial charge on any atom is -0.495 e. The van der Waals surface area contributed by atoms with E-state index in [1.807, 2.05) is 54.6 Å². The van der Waals surface area contributed by atoms with Gasteiger partial charge in [0.15, 0.2) is 0 Å². The third kappa shape index (κ3) is 5.50. The van der Waals surface area contributed by atoms with Crippen LogP contribution in [0.1, 0.15) is 5.56 Å². The first-order valence-corrected chi connectivity index (χ1v) is 11.8. The Bertz CT molecular complexity index is 1310. The summed E-state index contributed by atoms with van der Waals surface area (Å²) < 4.78 is 22.7. The van der Waals surface area contributed by atoms with Crippen LogP contribution < -0.4 is 20.1 Å². The zero-order valence-corrected chi connectivity index (χ0v) is 19.7. The Morgan fingerprint density at radius 3 is 2.71 bits per heavy atom. The number of hydrogen-bond donors (Lipinski definition) is 2. The number of anilines is 1. The van der Waals surface area contributed by atoms with E-state index in [0.29, 0.717) is 30.2 Å². The molecule has 0 aliphatic carbocycles. The second kappa shape index (κ2) is 10.7. The molecule has 0 radical (unpaired) electrons. The normalized spacial score (nSPS) is 14.2. The summed E-state index contributed by atoms with van der Waals surface area (Å²) >= 11 is 0. The van der Waals surface area contributed by atoms with Gasteiger partial charge in [-0.3, -0.25) is 4.90 Å². The van der Waals surface area contributed by atoms with Crippen molar-refractivity contribution < 1.29 is 23.4 Å². The monoisotopic (exact) mass is 475 g/mol. The second-order valence-corrected chi connectivity index (χ2v) is 8.40. The lowest BCUT2D eigenvalue weighted by atomic mass is 10.1. The number of furan rings is 1. The number of methoxy groups -OCH3 is 1. The van der Waals surface area contributed by atoms with Gasteiger partial charge in [0.2, 0.25) is 0 Å². The van der Waals surface area contributed by atoms with Crippen molar-refractivity contribution in [2.24, 2.45) is 0 Å². The van der Waals surface area contributed by atoms with E-state index in [0.717, 1.165) is 60.5 Å². The van der Waals surface area contributed by atoms with Crippen molar-refractivity contribution in [1.82, 2.24) is 10.2 Å². The van der Waals surface area contributed by atoms with Crippen LogP contribution in [-0.2, 0) is 11.3 Å². The number of carbonyl (C=O) groups excluding carboxylic acids is 1. The Balaban J connectivity index is 1.18. The molecule has 2 amide bonds. The summed E-state index contributed by atoms with van der Waals surface area (Å²) in [6.07, 6.45) is 0. The van der Waals surface area contributed by atoms with Crippen LogP contribution in [0.2, 0.25) is 0 Å². The highest BCUT2D eigenvalue weighted by molar-refractivity contribution is 6.07. The molecule has 0 unspecified atom stereocenters. The Hall–Kier alpha value is -3.75. The number of urea groups is 1. The van der Waals surface area contributed by atoms with Crippen LogP contribution >= 0.6 is 0 Å². The lowest BCUT2D eigenvalue weighted by Gasteiger charge is -2.26. The number of benzene rings is 3.